The van der Waals surface area contributed by atoms with E-state index in [0.717, 1.165) is 88.8 Å². The summed E-state index contributed by atoms with van der Waals surface area (Å²) in [5, 5.41) is 8.22. The molecule has 5 heterocycles. The van der Waals surface area contributed by atoms with Crippen LogP contribution in [-0.2, 0) is 0 Å². The van der Waals surface area contributed by atoms with E-state index in [2.05, 4.69) is 162 Å². The minimum atomic E-state index is 0.650. The molecule has 0 aliphatic carbocycles. The van der Waals surface area contributed by atoms with E-state index in [1.165, 1.54) is 36.3 Å². The first-order valence-corrected chi connectivity index (χ1v) is 22.3. The second-order valence-corrected chi connectivity index (χ2v) is 17.4. The van der Waals surface area contributed by atoms with E-state index < -0.39 is 0 Å². The number of hydrogen-bond acceptors (Lipinski definition) is 5. The van der Waals surface area contributed by atoms with Crippen molar-refractivity contribution in [1.29, 1.82) is 0 Å². The molecule has 9 aromatic carbocycles. The lowest BCUT2D eigenvalue weighted by Gasteiger charge is -2.21. The van der Waals surface area contributed by atoms with Gasteiger partial charge in [0.15, 0.2) is 11.4 Å². The molecule has 0 spiro atoms. The minimum absolute atomic E-state index is 0.650. The molecule has 0 atom stereocenters. The zero-order valence-corrected chi connectivity index (χ0v) is 34.9. The van der Waals surface area contributed by atoms with Gasteiger partial charge < -0.3 is 13.4 Å². The van der Waals surface area contributed by atoms with Gasteiger partial charge >= 0.3 is 0 Å². The molecule has 0 amide bonds. The highest BCUT2D eigenvalue weighted by Gasteiger charge is 2.26. The number of benzene rings is 9. The van der Waals surface area contributed by atoms with E-state index in [9.17, 15) is 0 Å². The summed E-state index contributed by atoms with van der Waals surface area (Å²) in [5.41, 5.74) is 14.4. The predicted octanol–water partition coefficient (Wildman–Crippen LogP) is 16.4. The quantitative estimate of drug-likeness (QED) is 0.173. The standard InChI is InChI=1S/C58H33N3O2S/c1-4-16-34(17-5-1)43-32-37(52-55-53(42-24-12-15-27-48(42)63-55)60-58(59-52)36-20-8-3-9-21-36)33-44(35-18-6-2-7-19-35)54(43)61-45-25-13-10-22-40(45)50-46(61)30-28-38-39-29-31-49-51(57(39)64-56(38)50)41-23-11-14-26-47(41)62-49/h1-33H. The second kappa shape index (κ2) is 13.6. The van der Waals surface area contributed by atoms with E-state index in [0.29, 0.717) is 11.4 Å². The Bertz CT molecular complexity index is 4120. The third-order valence-electron chi connectivity index (χ3n) is 12.8. The summed E-state index contributed by atoms with van der Waals surface area (Å²) in [6.45, 7) is 0. The first-order valence-electron chi connectivity index (χ1n) is 21.5. The van der Waals surface area contributed by atoms with Crippen molar-refractivity contribution in [3.63, 3.8) is 0 Å². The molecule has 5 nitrogen and oxygen atoms in total. The van der Waals surface area contributed by atoms with Gasteiger partial charge in [0.2, 0.25) is 0 Å². The van der Waals surface area contributed by atoms with Crippen LogP contribution in [-0.4, -0.2) is 14.5 Å². The maximum Gasteiger partial charge on any atom is 0.180 e. The van der Waals surface area contributed by atoms with Crippen molar-refractivity contribution in [1.82, 2.24) is 14.5 Å². The molecule has 0 aliphatic heterocycles. The Labute approximate surface area is 369 Å². The summed E-state index contributed by atoms with van der Waals surface area (Å²) in [6.07, 6.45) is 0. The van der Waals surface area contributed by atoms with E-state index in [-0.39, 0.29) is 0 Å². The van der Waals surface area contributed by atoms with Crippen LogP contribution in [0.2, 0.25) is 0 Å². The van der Waals surface area contributed by atoms with Crippen molar-refractivity contribution in [2.24, 2.45) is 0 Å². The smallest absolute Gasteiger partial charge is 0.180 e. The molecule has 0 unspecified atom stereocenters. The molecule has 0 N–H and O–H groups in total. The van der Waals surface area contributed by atoms with Crippen LogP contribution < -0.4 is 0 Å². The van der Waals surface area contributed by atoms with E-state index in [4.69, 9.17) is 18.8 Å². The Hall–Kier alpha value is -8.32. The Morgan fingerprint density at radius 2 is 0.953 bits per heavy atom. The number of thiophene rings is 1. The molecule has 298 valence electrons. The van der Waals surface area contributed by atoms with Gasteiger partial charge in [-0.15, -0.1) is 11.3 Å². The van der Waals surface area contributed by atoms with Gasteiger partial charge in [-0.3, -0.25) is 0 Å². The largest absolute Gasteiger partial charge is 0.456 e. The first-order chi connectivity index (χ1) is 31.7. The van der Waals surface area contributed by atoms with Crippen molar-refractivity contribution in [3.05, 3.63) is 200 Å². The molecule has 14 aromatic rings. The Morgan fingerprint density at radius 3 is 1.66 bits per heavy atom. The molecular weight excluding hydrogens is 803 g/mol. The van der Waals surface area contributed by atoms with Crippen LogP contribution in [0.3, 0.4) is 0 Å². The van der Waals surface area contributed by atoms with Crippen molar-refractivity contribution >= 4 is 97.3 Å². The van der Waals surface area contributed by atoms with E-state index >= 15 is 0 Å². The Morgan fingerprint density at radius 1 is 0.391 bits per heavy atom. The van der Waals surface area contributed by atoms with Crippen LogP contribution in [0, 0.1) is 0 Å². The molecule has 14 rings (SSSR count). The molecular formula is C58H33N3O2S. The average molecular weight is 836 g/mol. The monoisotopic (exact) mass is 835 g/mol. The fraction of sp³-hybridized carbons (Fsp3) is 0. The van der Waals surface area contributed by atoms with E-state index in [1.54, 1.807) is 0 Å². The fourth-order valence-electron chi connectivity index (χ4n) is 9.98. The molecule has 64 heavy (non-hydrogen) atoms. The number of hydrogen-bond donors (Lipinski definition) is 0. The van der Waals surface area contributed by atoms with Crippen LogP contribution >= 0.6 is 11.3 Å². The van der Waals surface area contributed by atoms with Gasteiger partial charge in [-0.1, -0.05) is 146 Å². The van der Waals surface area contributed by atoms with Gasteiger partial charge in [-0.2, -0.15) is 0 Å². The van der Waals surface area contributed by atoms with Gasteiger partial charge in [-0.25, -0.2) is 9.97 Å². The fourth-order valence-corrected chi connectivity index (χ4v) is 11.4. The summed E-state index contributed by atoms with van der Waals surface area (Å²) in [7, 11) is 0. The highest BCUT2D eigenvalue weighted by atomic mass is 32.1. The van der Waals surface area contributed by atoms with Crippen molar-refractivity contribution in [3.8, 4) is 50.6 Å². The summed E-state index contributed by atoms with van der Waals surface area (Å²) >= 11 is 1.87. The van der Waals surface area contributed by atoms with Gasteiger partial charge in [0.05, 0.1) is 16.7 Å². The number of para-hydroxylation sites is 3. The van der Waals surface area contributed by atoms with Gasteiger partial charge in [0.1, 0.15) is 28.0 Å². The first kappa shape index (κ1) is 35.3. The molecule has 5 aromatic heterocycles. The molecule has 0 radical (unpaired) electrons. The van der Waals surface area contributed by atoms with Crippen LogP contribution in [0.15, 0.2) is 209 Å². The van der Waals surface area contributed by atoms with Crippen molar-refractivity contribution in [2.45, 2.75) is 0 Å². The van der Waals surface area contributed by atoms with Crippen LogP contribution in [0.5, 0.6) is 0 Å². The lowest BCUT2D eigenvalue weighted by Crippen LogP contribution is -2.02. The number of nitrogens with zero attached hydrogens (tertiary/aromatic N) is 3. The van der Waals surface area contributed by atoms with Crippen molar-refractivity contribution in [2.75, 3.05) is 0 Å². The van der Waals surface area contributed by atoms with Crippen molar-refractivity contribution < 1.29 is 8.83 Å². The average Bonchev–Trinajstić information content (AvgIpc) is 4.13. The number of aromatic nitrogens is 3. The Kier molecular flexibility index (Phi) is 7.49. The molecule has 6 heteroatoms. The summed E-state index contributed by atoms with van der Waals surface area (Å²) < 4.78 is 18.1. The zero-order valence-electron chi connectivity index (χ0n) is 34.1. The molecule has 0 bridgehead atoms. The lowest BCUT2D eigenvalue weighted by atomic mass is 9.91. The number of furan rings is 2. The van der Waals surface area contributed by atoms with Crippen LogP contribution in [0.4, 0.5) is 0 Å². The Balaban J connectivity index is 1.12. The molecule has 0 aliphatic rings. The summed E-state index contributed by atoms with van der Waals surface area (Å²) in [6, 6.07) is 70.7. The summed E-state index contributed by atoms with van der Waals surface area (Å²) in [4.78, 5) is 10.5. The highest BCUT2D eigenvalue weighted by Crippen LogP contribution is 2.50. The predicted molar refractivity (Wildman–Crippen MR) is 266 cm³/mol. The maximum atomic E-state index is 6.71. The van der Waals surface area contributed by atoms with Crippen LogP contribution in [0.1, 0.15) is 0 Å². The number of rotatable bonds is 5. The maximum absolute atomic E-state index is 6.71. The summed E-state index contributed by atoms with van der Waals surface area (Å²) in [5.74, 6) is 0.650. The SMILES string of the molecule is c1ccc(-c2nc(-c3cc(-c4ccccc4)c(-n4c5ccccc5c5c6sc7c(ccc8oc9ccccc9c87)c6ccc54)c(-c4ccccc4)c3)c3oc4ccccc4c3n2)cc1. The minimum Gasteiger partial charge on any atom is -0.456 e. The number of fused-ring (bicyclic) bond motifs is 14. The second-order valence-electron chi connectivity index (χ2n) is 16.4. The van der Waals surface area contributed by atoms with E-state index in [1.807, 2.05) is 53.8 Å². The third-order valence-corrected chi connectivity index (χ3v) is 14.1. The normalized spacial score (nSPS) is 12.1. The van der Waals surface area contributed by atoms with Gasteiger partial charge in [0.25, 0.3) is 0 Å². The van der Waals surface area contributed by atoms with Gasteiger partial charge in [0, 0.05) is 69.4 Å². The molecule has 0 fully saturated rings. The highest BCUT2D eigenvalue weighted by molar-refractivity contribution is 7.27. The molecule has 0 saturated heterocycles. The van der Waals surface area contributed by atoms with Crippen LogP contribution in [0.25, 0.3) is 137 Å². The topological polar surface area (TPSA) is 57.0 Å². The zero-order chi connectivity index (χ0) is 41.9. The lowest BCUT2D eigenvalue weighted by molar-refractivity contribution is 0.667. The molecule has 0 saturated carbocycles. The third kappa shape index (κ3) is 5.11. The van der Waals surface area contributed by atoms with Gasteiger partial charge in [-0.05, 0) is 65.7 Å².